The Balaban J connectivity index is 1.85. The zero-order valence-corrected chi connectivity index (χ0v) is 12.6. The smallest absolute Gasteiger partial charge is 0.224 e. The second-order valence-corrected chi connectivity index (χ2v) is 5.23. The molecule has 2 rings (SSSR count). The lowest BCUT2D eigenvalue weighted by molar-refractivity contribution is -0.120. The Morgan fingerprint density at radius 3 is 2.19 bits per heavy atom. The third-order valence-corrected chi connectivity index (χ3v) is 3.51. The maximum absolute atomic E-state index is 12.0. The van der Waals surface area contributed by atoms with Gasteiger partial charge in [-0.1, -0.05) is 48.5 Å². The third kappa shape index (κ3) is 4.72. The van der Waals surface area contributed by atoms with Gasteiger partial charge in [-0.05, 0) is 36.2 Å². The molecular formula is C18H22N2O. The maximum Gasteiger partial charge on any atom is 0.224 e. The Morgan fingerprint density at radius 1 is 0.952 bits per heavy atom. The summed E-state index contributed by atoms with van der Waals surface area (Å²) in [4.78, 5) is 12.0. The minimum Gasteiger partial charge on any atom is -0.352 e. The lowest BCUT2D eigenvalue weighted by atomic mass is 10.1. The van der Waals surface area contributed by atoms with Crippen LogP contribution >= 0.6 is 0 Å². The van der Waals surface area contributed by atoms with Gasteiger partial charge < -0.3 is 10.6 Å². The van der Waals surface area contributed by atoms with Crippen LogP contribution in [0.4, 0.5) is 0 Å². The molecule has 21 heavy (non-hydrogen) atoms. The zero-order chi connectivity index (χ0) is 15.1. The fraction of sp³-hybridized carbons (Fsp3) is 0.278. The molecule has 3 nitrogen and oxygen atoms in total. The number of hydrogen-bond acceptors (Lipinski definition) is 2. The quantitative estimate of drug-likeness (QED) is 0.855. The van der Waals surface area contributed by atoms with Crippen molar-refractivity contribution in [2.75, 3.05) is 7.05 Å². The third-order valence-electron chi connectivity index (χ3n) is 3.51. The van der Waals surface area contributed by atoms with Crippen molar-refractivity contribution < 1.29 is 4.79 Å². The van der Waals surface area contributed by atoms with E-state index in [2.05, 4.69) is 34.9 Å². The van der Waals surface area contributed by atoms with Crippen LogP contribution < -0.4 is 10.6 Å². The first-order valence-corrected chi connectivity index (χ1v) is 7.22. The molecule has 0 saturated carbocycles. The molecule has 0 bridgehead atoms. The Hall–Kier alpha value is -2.13. The molecule has 0 aromatic heterocycles. The number of benzene rings is 2. The summed E-state index contributed by atoms with van der Waals surface area (Å²) in [7, 11) is 1.93. The molecule has 110 valence electrons. The van der Waals surface area contributed by atoms with Crippen molar-refractivity contribution in [3.05, 3.63) is 70.8 Å². The first-order chi connectivity index (χ1) is 10.2. The number of rotatable bonds is 6. The lowest BCUT2D eigenvalue weighted by Gasteiger charge is -2.08. The standard InChI is InChI=1S/C18H22N2O/c1-14-5-3-4-6-17(14)11-18(21)20-13-16-9-7-15(8-10-16)12-19-2/h3-10,19H,11-13H2,1-2H3,(H,20,21). The minimum atomic E-state index is 0.0589. The zero-order valence-electron chi connectivity index (χ0n) is 12.6. The molecule has 2 aromatic rings. The van der Waals surface area contributed by atoms with Gasteiger partial charge >= 0.3 is 0 Å². The Labute approximate surface area is 126 Å². The summed E-state index contributed by atoms with van der Waals surface area (Å²) in [5.74, 6) is 0.0589. The van der Waals surface area contributed by atoms with Crippen molar-refractivity contribution in [3.63, 3.8) is 0 Å². The molecule has 0 unspecified atom stereocenters. The number of aryl methyl sites for hydroxylation is 1. The summed E-state index contributed by atoms with van der Waals surface area (Å²) in [6.45, 7) is 3.47. The number of amides is 1. The van der Waals surface area contributed by atoms with Crippen LogP contribution in [0.15, 0.2) is 48.5 Å². The van der Waals surface area contributed by atoms with E-state index in [4.69, 9.17) is 0 Å². The van der Waals surface area contributed by atoms with Crippen LogP contribution in [0.25, 0.3) is 0 Å². The van der Waals surface area contributed by atoms with Crippen LogP contribution in [0.3, 0.4) is 0 Å². The van der Waals surface area contributed by atoms with E-state index in [1.165, 1.54) is 5.56 Å². The van der Waals surface area contributed by atoms with Crippen molar-refractivity contribution in [1.82, 2.24) is 10.6 Å². The number of nitrogens with one attached hydrogen (secondary N) is 2. The van der Waals surface area contributed by atoms with E-state index in [-0.39, 0.29) is 5.91 Å². The molecule has 0 atom stereocenters. The van der Waals surface area contributed by atoms with Crippen LogP contribution in [-0.4, -0.2) is 13.0 Å². The van der Waals surface area contributed by atoms with Gasteiger partial charge in [-0.15, -0.1) is 0 Å². The van der Waals surface area contributed by atoms with Gasteiger partial charge in [0.15, 0.2) is 0 Å². The molecule has 0 aliphatic carbocycles. The fourth-order valence-electron chi connectivity index (χ4n) is 2.22. The second-order valence-electron chi connectivity index (χ2n) is 5.23. The van der Waals surface area contributed by atoms with Gasteiger partial charge in [-0.25, -0.2) is 0 Å². The van der Waals surface area contributed by atoms with Gasteiger partial charge in [0.25, 0.3) is 0 Å². The first kappa shape index (κ1) is 15.3. The van der Waals surface area contributed by atoms with E-state index in [1.807, 2.05) is 38.2 Å². The molecule has 0 aliphatic rings. The van der Waals surface area contributed by atoms with Crippen molar-refractivity contribution in [3.8, 4) is 0 Å². The van der Waals surface area contributed by atoms with Crippen molar-refractivity contribution in [2.45, 2.75) is 26.4 Å². The highest BCUT2D eigenvalue weighted by molar-refractivity contribution is 5.78. The molecule has 0 aliphatic heterocycles. The van der Waals surface area contributed by atoms with Gasteiger partial charge in [-0.3, -0.25) is 4.79 Å². The largest absolute Gasteiger partial charge is 0.352 e. The van der Waals surface area contributed by atoms with E-state index in [0.717, 1.165) is 23.2 Å². The normalized spacial score (nSPS) is 10.4. The predicted octanol–water partition coefficient (Wildman–Crippen LogP) is 2.57. The molecule has 2 aromatic carbocycles. The summed E-state index contributed by atoms with van der Waals surface area (Å²) in [5.41, 5.74) is 4.60. The highest BCUT2D eigenvalue weighted by Gasteiger charge is 2.05. The molecule has 1 amide bonds. The Bertz CT molecular complexity index is 590. The maximum atomic E-state index is 12.0. The predicted molar refractivity (Wildman–Crippen MR) is 85.9 cm³/mol. The van der Waals surface area contributed by atoms with Crippen LogP contribution in [0.1, 0.15) is 22.3 Å². The van der Waals surface area contributed by atoms with Crippen molar-refractivity contribution in [1.29, 1.82) is 0 Å². The van der Waals surface area contributed by atoms with E-state index in [9.17, 15) is 4.79 Å². The number of carbonyl (C=O) groups excluding carboxylic acids is 1. The van der Waals surface area contributed by atoms with Gasteiger partial charge in [0, 0.05) is 13.1 Å². The van der Waals surface area contributed by atoms with Crippen LogP contribution in [-0.2, 0) is 24.3 Å². The monoisotopic (exact) mass is 282 g/mol. The van der Waals surface area contributed by atoms with E-state index in [0.29, 0.717) is 13.0 Å². The average Bonchev–Trinajstić information content (AvgIpc) is 2.49. The topological polar surface area (TPSA) is 41.1 Å². The molecule has 0 heterocycles. The van der Waals surface area contributed by atoms with Gasteiger partial charge in [0.2, 0.25) is 5.91 Å². The van der Waals surface area contributed by atoms with Crippen LogP contribution in [0.2, 0.25) is 0 Å². The summed E-state index contributed by atoms with van der Waals surface area (Å²) < 4.78 is 0. The summed E-state index contributed by atoms with van der Waals surface area (Å²) in [5, 5.41) is 6.09. The summed E-state index contributed by atoms with van der Waals surface area (Å²) in [6, 6.07) is 16.3. The van der Waals surface area contributed by atoms with E-state index < -0.39 is 0 Å². The minimum absolute atomic E-state index is 0.0589. The first-order valence-electron chi connectivity index (χ1n) is 7.22. The molecular weight excluding hydrogens is 260 g/mol. The SMILES string of the molecule is CNCc1ccc(CNC(=O)Cc2ccccc2C)cc1. The van der Waals surface area contributed by atoms with Crippen LogP contribution in [0, 0.1) is 6.92 Å². The Kier molecular flexibility index (Phi) is 5.52. The molecule has 0 saturated heterocycles. The highest BCUT2D eigenvalue weighted by atomic mass is 16.1. The molecule has 0 spiro atoms. The molecule has 0 radical (unpaired) electrons. The second kappa shape index (κ2) is 7.60. The number of carbonyl (C=O) groups is 1. The molecule has 0 fully saturated rings. The molecule has 2 N–H and O–H groups in total. The van der Waals surface area contributed by atoms with Crippen LogP contribution in [0.5, 0.6) is 0 Å². The average molecular weight is 282 g/mol. The van der Waals surface area contributed by atoms with Gasteiger partial charge in [-0.2, -0.15) is 0 Å². The fourth-order valence-corrected chi connectivity index (χ4v) is 2.22. The molecule has 3 heteroatoms. The highest BCUT2D eigenvalue weighted by Crippen LogP contribution is 2.08. The van der Waals surface area contributed by atoms with E-state index in [1.54, 1.807) is 0 Å². The summed E-state index contributed by atoms with van der Waals surface area (Å²) >= 11 is 0. The van der Waals surface area contributed by atoms with Crippen molar-refractivity contribution in [2.24, 2.45) is 0 Å². The Morgan fingerprint density at radius 2 is 1.57 bits per heavy atom. The number of hydrogen-bond donors (Lipinski definition) is 2. The van der Waals surface area contributed by atoms with Crippen molar-refractivity contribution >= 4 is 5.91 Å². The summed E-state index contributed by atoms with van der Waals surface area (Å²) in [6.07, 6.45) is 0.435. The van der Waals surface area contributed by atoms with Gasteiger partial charge in [0.05, 0.1) is 6.42 Å². The van der Waals surface area contributed by atoms with Gasteiger partial charge in [0.1, 0.15) is 0 Å². The van der Waals surface area contributed by atoms with E-state index >= 15 is 0 Å². The lowest BCUT2D eigenvalue weighted by Crippen LogP contribution is -2.24.